The fraction of sp³-hybridized carbons (Fsp3) is 0.111. The third kappa shape index (κ3) is 2.78. The van der Waals surface area contributed by atoms with Gasteiger partial charge in [0.2, 0.25) is 10.0 Å². The highest BCUT2D eigenvalue weighted by Gasteiger charge is 2.15. The number of sulfonamides is 1. The second kappa shape index (κ2) is 4.92. The maximum atomic E-state index is 11.9. The highest BCUT2D eigenvalue weighted by molar-refractivity contribution is 7.89. The highest BCUT2D eigenvalue weighted by atomic mass is 35.5. The number of aromatic nitrogens is 3. The van der Waals surface area contributed by atoms with E-state index >= 15 is 0 Å². The van der Waals surface area contributed by atoms with Crippen LogP contribution >= 0.6 is 11.6 Å². The maximum absolute atomic E-state index is 11.9. The normalized spacial score (nSPS) is 11.6. The molecule has 0 aliphatic heterocycles. The average Bonchev–Trinajstić information content (AvgIpc) is 2.83. The Bertz CT molecular complexity index is 641. The van der Waals surface area contributed by atoms with Gasteiger partial charge in [-0.2, -0.15) is 5.10 Å². The third-order valence-electron chi connectivity index (χ3n) is 2.17. The minimum absolute atomic E-state index is 0.0187. The number of halogens is 1. The fourth-order valence-electron chi connectivity index (χ4n) is 1.25. The molecule has 7 nitrogen and oxygen atoms in total. The summed E-state index contributed by atoms with van der Waals surface area (Å²) in [6, 6.07) is 4.10. The van der Waals surface area contributed by atoms with Gasteiger partial charge in [0, 0.05) is 0 Å². The summed E-state index contributed by atoms with van der Waals surface area (Å²) in [7, 11) is -3.65. The lowest BCUT2D eigenvalue weighted by atomic mass is 10.3. The number of hydrogen-bond donors (Lipinski definition) is 3. The van der Waals surface area contributed by atoms with Crippen molar-refractivity contribution >= 4 is 27.3 Å². The topological polar surface area (TPSA) is 114 Å². The largest absolute Gasteiger partial charge is 0.397 e. The van der Waals surface area contributed by atoms with E-state index in [1.54, 1.807) is 0 Å². The van der Waals surface area contributed by atoms with Crippen LogP contribution in [0.4, 0.5) is 5.69 Å². The molecule has 0 unspecified atom stereocenters. The standard InChI is InChI=1S/C9H10ClN5O2S/c10-7-2-1-6(3-8(7)11)18(16,17)14-4-9-12-5-13-15-9/h1-3,5,14H,4,11H2,(H,12,13,15). The van der Waals surface area contributed by atoms with Crippen molar-refractivity contribution in [2.45, 2.75) is 11.4 Å². The zero-order valence-electron chi connectivity index (χ0n) is 9.09. The van der Waals surface area contributed by atoms with Crippen molar-refractivity contribution in [3.8, 4) is 0 Å². The minimum Gasteiger partial charge on any atom is -0.397 e. The summed E-state index contributed by atoms with van der Waals surface area (Å²) in [5, 5.41) is 6.47. The van der Waals surface area contributed by atoms with Gasteiger partial charge in [-0.15, -0.1) is 0 Å². The number of benzene rings is 1. The van der Waals surface area contributed by atoms with Gasteiger partial charge in [-0.05, 0) is 18.2 Å². The lowest BCUT2D eigenvalue weighted by Gasteiger charge is -2.06. The van der Waals surface area contributed by atoms with E-state index < -0.39 is 10.0 Å². The lowest BCUT2D eigenvalue weighted by molar-refractivity contribution is 0.579. The van der Waals surface area contributed by atoms with Crippen molar-refractivity contribution in [1.29, 1.82) is 0 Å². The molecular weight excluding hydrogens is 278 g/mol. The Kier molecular flexibility index (Phi) is 3.50. The first-order chi connectivity index (χ1) is 8.49. The molecule has 18 heavy (non-hydrogen) atoms. The Morgan fingerprint density at radius 2 is 2.22 bits per heavy atom. The molecular formula is C9H10ClN5O2S. The van der Waals surface area contributed by atoms with Crippen LogP contribution in [0.2, 0.25) is 5.02 Å². The predicted molar refractivity (Wildman–Crippen MR) is 66.3 cm³/mol. The second-order valence-electron chi connectivity index (χ2n) is 3.44. The zero-order chi connectivity index (χ0) is 13.2. The van der Waals surface area contributed by atoms with Crippen LogP contribution in [-0.4, -0.2) is 23.6 Å². The van der Waals surface area contributed by atoms with E-state index in [-0.39, 0.29) is 17.1 Å². The molecule has 0 radical (unpaired) electrons. The molecule has 2 aromatic rings. The number of rotatable bonds is 4. The second-order valence-corrected chi connectivity index (χ2v) is 5.61. The van der Waals surface area contributed by atoms with Crippen molar-refractivity contribution in [3.05, 3.63) is 35.4 Å². The van der Waals surface area contributed by atoms with E-state index in [1.807, 2.05) is 0 Å². The number of nitrogens with two attached hydrogens (primary N) is 1. The molecule has 0 spiro atoms. The molecule has 96 valence electrons. The molecule has 9 heteroatoms. The number of nitrogen functional groups attached to an aromatic ring is 1. The highest BCUT2D eigenvalue weighted by Crippen LogP contribution is 2.22. The van der Waals surface area contributed by atoms with Crippen LogP contribution in [-0.2, 0) is 16.6 Å². The van der Waals surface area contributed by atoms with E-state index in [1.165, 1.54) is 24.5 Å². The van der Waals surface area contributed by atoms with Gasteiger partial charge in [0.05, 0.1) is 22.2 Å². The molecule has 0 aliphatic carbocycles. The number of anilines is 1. The first-order valence-corrected chi connectivity index (χ1v) is 6.74. The summed E-state index contributed by atoms with van der Waals surface area (Å²) < 4.78 is 26.2. The van der Waals surface area contributed by atoms with Gasteiger partial charge in [-0.3, -0.25) is 5.10 Å². The Balaban J connectivity index is 2.17. The summed E-state index contributed by atoms with van der Waals surface area (Å²) in [6.07, 6.45) is 1.30. The smallest absolute Gasteiger partial charge is 0.241 e. The van der Waals surface area contributed by atoms with Gasteiger partial charge in [0.1, 0.15) is 12.2 Å². The molecule has 0 aliphatic rings. The summed E-state index contributed by atoms with van der Waals surface area (Å²) in [4.78, 5) is 3.85. The molecule has 2 rings (SSSR count). The monoisotopic (exact) mass is 287 g/mol. The number of aromatic amines is 1. The molecule has 0 amide bonds. The van der Waals surface area contributed by atoms with Gasteiger partial charge in [-0.1, -0.05) is 11.6 Å². The summed E-state index contributed by atoms with van der Waals surface area (Å²) in [5.74, 6) is 0.417. The number of nitrogens with zero attached hydrogens (tertiary/aromatic N) is 2. The molecule has 1 aromatic carbocycles. The van der Waals surface area contributed by atoms with Crippen LogP contribution in [0.15, 0.2) is 29.4 Å². The van der Waals surface area contributed by atoms with Crippen LogP contribution in [0, 0.1) is 0 Å². The quantitative estimate of drug-likeness (QED) is 0.709. The molecule has 1 heterocycles. The van der Waals surface area contributed by atoms with Crippen LogP contribution in [0.3, 0.4) is 0 Å². The van der Waals surface area contributed by atoms with Gasteiger partial charge < -0.3 is 5.73 Å². The van der Waals surface area contributed by atoms with Gasteiger partial charge in [0.25, 0.3) is 0 Å². The first-order valence-electron chi connectivity index (χ1n) is 4.88. The number of nitrogens with one attached hydrogen (secondary N) is 2. The van der Waals surface area contributed by atoms with E-state index in [0.717, 1.165) is 0 Å². The van der Waals surface area contributed by atoms with Crippen molar-refractivity contribution in [2.24, 2.45) is 0 Å². The summed E-state index contributed by atoms with van der Waals surface area (Å²) in [6.45, 7) is 0.0187. The minimum atomic E-state index is -3.65. The summed E-state index contributed by atoms with van der Waals surface area (Å²) >= 11 is 5.73. The Morgan fingerprint density at radius 3 is 2.83 bits per heavy atom. The maximum Gasteiger partial charge on any atom is 0.241 e. The fourth-order valence-corrected chi connectivity index (χ4v) is 2.39. The van der Waals surface area contributed by atoms with Crippen molar-refractivity contribution in [1.82, 2.24) is 19.9 Å². The average molecular weight is 288 g/mol. The molecule has 0 bridgehead atoms. The van der Waals surface area contributed by atoms with Crippen molar-refractivity contribution < 1.29 is 8.42 Å². The SMILES string of the molecule is Nc1cc(S(=O)(=O)NCc2ncn[nH]2)ccc1Cl. The van der Waals surface area contributed by atoms with E-state index in [2.05, 4.69) is 19.9 Å². The Morgan fingerprint density at radius 1 is 1.44 bits per heavy atom. The molecule has 0 saturated heterocycles. The zero-order valence-corrected chi connectivity index (χ0v) is 10.7. The van der Waals surface area contributed by atoms with E-state index in [4.69, 9.17) is 17.3 Å². The summed E-state index contributed by atoms with van der Waals surface area (Å²) in [5.41, 5.74) is 5.76. The van der Waals surface area contributed by atoms with Crippen molar-refractivity contribution in [3.63, 3.8) is 0 Å². The Labute approximate surface area is 108 Å². The molecule has 1 aromatic heterocycles. The Hall–Kier alpha value is -1.64. The first kappa shape index (κ1) is 12.8. The van der Waals surface area contributed by atoms with E-state index in [0.29, 0.717) is 10.8 Å². The molecule has 0 atom stereocenters. The predicted octanol–water partition coefficient (Wildman–Crippen LogP) is 0.519. The molecule has 0 fully saturated rings. The van der Waals surface area contributed by atoms with Gasteiger partial charge in [0.15, 0.2) is 0 Å². The van der Waals surface area contributed by atoms with Crippen LogP contribution < -0.4 is 10.5 Å². The number of hydrogen-bond acceptors (Lipinski definition) is 5. The number of H-pyrrole nitrogens is 1. The van der Waals surface area contributed by atoms with Gasteiger partial charge in [-0.25, -0.2) is 18.1 Å². The van der Waals surface area contributed by atoms with Crippen LogP contribution in [0.1, 0.15) is 5.82 Å². The third-order valence-corrected chi connectivity index (χ3v) is 3.92. The van der Waals surface area contributed by atoms with Gasteiger partial charge >= 0.3 is 0 Å². The lowest BCUT2D eigenvalue weighted by Crippen LogP contribution is -2.24. The molecule has 4 N–H and O–H groups in total. The van der Waals surface area contributed by atoms with Crippen molar-refractivity contribution in [2.75, 3.05) is 5.73 Å². The van der Waals surface area contributed by atoms with Crippen LogP contribution in [0.5, 0.6) is 0 Å². The van der Waals surface area contributed by atoms with Crippen LogP contribution in [0.25, 0.3) is 0 Å². The molecule has 0 saturated carbocycles. The van der Waals surface area contributed by atoms with E-state index in [9.17, 15) is 8.42 Å².